The zero-order valence-electron chi connectivity index (χ0n) is 9.40. The maximum Gasteiger partial charge on any atom is 0.0899 e. The molecule has 1 aromatic heterocycles. The molecule has 0 radical (unpaired) electrons. The van der Waals surface area contributed by atoms with Crippen LogP contribution in [-0.4, -0.2) is 28.0 Å². The molecule has 1 rings (SSSR count). The van der Waals surface area contributed by atoms with Gasteiger partial charge in [0.05, 0.1) is 16.7 Å². The summed E-state index contributed by atoms with van der Waals surface area (Å²) < 4.78 is 0. The Morgan fingerprint density at radius 2 is 2.27 bits per heavy atom. The van der Waals surface area contributed by atoms with Crippen LogP contribution in [-0.2, 0) is 6.54 Å². The number of hydrogen-bond acceptors (Lipinski definition) is 3. The summed E-state index contributed by atoms with van der Waals surface area (Å²) in [6, 6.07) is 6.11. The van der Waals surface area contributed by atoms with E-state index in [9.17, 15) is 0 Å². The van der Waals surface area contributed by atoms with E-state index in [1.54, 1.807) is 0 Å². The molecule has 0 fully saturated rings. The van der Waals surface area contributed by atoms with Crippen molar-refractivity contribution in [3.63, 3.8) is 0 Å². The molecule has 1 aromatic rings. The molecule has 0 aliphatic carbocycles. The lowest BCUT2D eigenvalue weighted by Crippen LogP contribution is -2.38. The van der Waals surface area contributed by atoms with Crippen LogP contribution in [0, 0.1) is 6.92 Å². The SMILES string of the molecule is Cc1cccc(CN(C)C(C)C(N)=S)n1. The number of likely N-dealkylation sites (N-methyl/N-ethyl adjacent to an activating group) is 1. The summed E-state index contributed by atoms with van der Waals surface area (Å²) in [6.07, 6.45) is 0. The van der Waals surface area contributed by atoms with E-state index >= 15 is 0 Å². The average molecular weight is 223 g/mol. The summed E-state index contributed by atoms with van der Waals surface area (Å²) in [5.41, 5.74) is 7.66. The van der Waals surface area contributed by atoms with E-state index in [1.165, 1.54) is 0 Å². The molecule has 0 saturated carbocycles. The first-order chi connectivity index (χ1) is 7.00. The maximum atomic E-state index is 5.59. The van der Waals surface area contributed by atoms with E-state index in [-0.39, 0.29) is 6.04 Å². The Bertz CT molecular complexity index is 351. The zero-order chi connectivity index (χ0) is 11.4. The standard InChI is InChI=1S/C11H17N3S/c1-8-5-4-6-10(13-8)7-14(3)9(2)11(12)15/h4-6,9H,7H2,1-3H3,(H2,12,15). The quantitative estimate of drug-likeness (QED) is 0.785. The highest BCUT2D eigenvalue weighted by molar-refractivity contribution is 7.80. The van der Waals surface area contributed by atoms with Crippen LogP contribution in [0.15, 0.2) is 18.2 Å². The van der Waals surface area contributed by atoms with E-state index < -0.39 is 0 Å². The van der Waals surface area contributed by atoms with E-state index in [0.29, 0.717) is 4.99 Å². The van der Waals surface area contributed by atoms with Crippen molar-refractivity contribution in [1.29, 1.82) is 0 Å². The van der Waals surface area contributed by atoms with E-state index in [0.717, 1.165) is 17.9 Å². The first kappa shape index (κ1) is 12.1. The minimum absolute atomic E-state index is 0.0994. The van der Waals surface area contributed by atoms with Gasteiger partial charge in [-0.2, -0.15) is 0 Å². The van der Waals surface area contributed by atoms with Crippen molar-refractivity contribution in [3.05, 3.63) is 29.6 Å². The van der Waals surface area contributed by atoms with Crippen molar-refractivity contribution in [2.24, 2.45) is 5.73 Å². The smallest absolute Gasteiger partial charge is 0.0899 e. The highest BCUT2D eigenvalue weighted by Crippen LogP contribution is 2.05. The molecule has 0 aliphatic heterocycles. The number of aryl methyl sites for hydroxylation is 1. The minimum atomic E-state index is 0.0994. The lowest BCUT2D eigenvalue weighted by molar-refractivity contribution is 0.300. The van der Waals surface area contributed by atoms with Crippen LogP contribution in [0.2, 0.25) is 0 Å². The second kappa shape index (κ2) is 5.19. The van der Waals surface area contributed by atoms with Crippen LogP contribution in [0.1, 0.15) is 18.3 Å². The molecule has 4 heteroatoms. The van der Waals surface area contributed by atoms with Crippen LogP contribution in [0.25, 0.3) is 0 Å². The Hall–Kier alpha value is -1.00. The first-order valence-corrected chi connectivity index (χ1v) is 5.33. The van der Waals surface area contributed by atoms with Crippen molar-refractivity contribution in [1.82, 2.24) is 9.88 Å². The van der Waals surface area contributed by atoms with Gasteiger partial charge in [0, 0.05) is 12.2 Å². The molecule has 3 nitrogen and oxygen atoms in total. The van der Waals surface area contributed by atoms with E-state index in [2.05, 4.69) is 9.88 Å². The number of aromatic nitrogens is 1. The molecule has 15 heavy (non-hydrogen) atoms. The van der Waals surface area contributed by atoms with E-state index in [1.807, 2.05) is 39.1 Å². The molecule has 2 N–H and O–H groups in total. The third kappa shape index (κ3) is 3.57. The van der Waals surface area contributed by atoms with Crippen LogP contribution >= 0.6 is 12.2 Å². The van der Waals surface area contributed by atoms with Gasteiger partial charge in [0.1, 0.15) is 0 Å². The third-order valence-corrected chi connectivity index (χ3v) is 2.77. The van der Waals surface area contributed by atoms with Crippen molar-refractivity contribution in [2.75, 3.05) is 7.05 Å². The summed E-state index contributed by atoms with van der Waals surface area (Å²) in [7, 11) is 1.99. The third-order valence-electron chi connectivity index (χ3n) is 2.43. The number of pyridine rings is 1. The predicted molar refractivity (Wildman–Crippen MR) is 66.7 cm³/mol. The molecule has 1 atom stereocenters. The molecule has 1 unspecified atom stereocenters. The summed E-state index contributed by atoms with van der Waals surface area (Å²) in [5, 5.41) is 0. The second-order valence-electron chi connectivity index (χ2n) is 3.76. The molecule has 0 bridgehead atoms. The summed E-state index contributed by atoms with van der Waals surface area (Å²) >= 11 is 4.95. The summed E-state index contributed by atoms with van der Waals surface area (Å²) in [6.45, 7) is 4.75. The molecule has 0 aromatic carbocycles. The lowest BCUT2D eigenvalue weighted by atomic mass is 10.2. The van der Waals surface area contributed by atoms with Crippen LogP contribution < -0.4 is 5.73 Å². The Labute approximate surface area is 96.3 Å². The molecule has 0 spiro atoms. The van der Waals surface area contributed by atoms with Gasteiger partial charge in [-0.15, -0.1) is 0 Å². The fourth-order valence-corrected chi connectivity index (χ4v) is 1.48. The molecular weight excluding hydrogens is 206 g/mol. The lowest BCUT2D eigenvalue weighted by Gasteiger charge is -2.23. The van der Waals surface area contributed by atoms with Gasteiger partial charge in [-0.1, -0.05) is 18.3 Å². The summed E-state index contributed by atoms with van der Waals surface area (Å²) in [5.74, 6) is 0. The number of nitrogens with zero attached hydrogens (tertiary/aromatic N) is 2. The van der Waals surface area contributed by atoms with Crippen LogP contribution in [0.4, 0.5) is 0 Å². The van der Waals surface area contributed by atoms with Gasteiger partial charge in [-0.3, -0.25) is 9.88 Å². The van der Waals surface area contributed by atoms with Gasteiger partial charge >= 0.3 is 0 Å². The van der Waals surface area contributed by atoms with Crippen molar-refractivity contribution in [3.8, 4) is 0 Å². The highest BCUT2D eigenvalue weighted by atomic mass is 32.1. The number of rotatable bonds is 4. The molecule has 0 aliphatic rings. The van der Waals surface area contributed by atoms with Crippen molar-refractivity contribution in [2.45, 2.75) is 26.4 Å². The second-order valence-corrected chi connectivity index (χ2v) is 4.24. The van der Waals surface area contributed by atoms with E-state index in [4.69, 9.17) is 18.0 Å². The zero-order valence-corrected chi connectivity index (χ0v) is 10.2. The predicted octanol–water partition coefficient (Wildman–Crippen LogP) is 1.50. The molecule has 0 saturated heterocycles. The molecule has 1 heterocycles. The molecule has 0 amide bonds. The first-order valence-electron chi connectivity index (χ1n) is 4.93. The average Bonchev–Trinajstić information content (AvgIpc) is 2.16. The monoisotopic (exact) mass is 223 g/mol. The largest absolute Gasteiger partial charge is 0.392 e. The number of hydrogen-bond donors (Lipinski definition) is 1. The Morgan fingerprint density at radius 1 is 1.60 bits per heavy atom. The normalized spacial score (nSPS) is 12.8. The topological polar surface area (TPSA) is 42.1 Å². The highest BCUT2D eigenvalue weighted by Gasteiger charge is 2.12. The van der Waals surface area contributed by atoms with Crippen LogP contribution in [0.3, 0.4) is 0 Å². The minimum Gasteiger partial charge on any atom is -0.392 e. The Kier molecular flexibility index (Phi) is 4.17. The van der Waals surface area contributed by atoms with Gasteiger partial charge in [-0.05, 0) is 33.0 Å². The van der Waals surface area contributed by atoms with Crippen molar-refractivity contribution >= 4 is 17.2 Å². The number of thiocarbonyl (C=S) groups is 1. The number of nitrogens with two attached hydrogens (primary N) is 1. The fourth-order valence-electron chi connectivity index (χ4n) is 1.30. The van der Waals surface area contributed by atoms with Crippen molar-refractivity contribution < 1.29 is 0 Å². The maximum absolute atomic E-state index is 5.59. The molecular formula is C11H17N3S. The van der Waals surface area contributed by atoms with Gasteiger partial charge in [0.15, 0.2) is 0 Å². The fraction of sp³-hybridized carbons (Fsp3) is 0.455. The van der Waals surface area contributed by atoms with Crippen LogP contribution in [0.5, 0.6) is 0 Å². The van der Waals surface area contributed by atoms with Gasteiger partial charge in [-0.25, -0.2) is 0 Å². The van der Waals surface area contributed by atoms with Gasteiger partial charge in [0.2, 0.25) is 0 Å². The summed E-state index contributed by atoms with van der Waals surface area (Å²) in [4.78, 5) is 7.04. The Morgan fingerprint density at radius 3 is 2.80 bits per heavy atom. The van der Waals surface area contributed by atoms with Gasteiger partial charge in [0.25, 0.3) is 0 Å². The van der Waals surface area contributed by atoms with Gasteiger partial charge < -0.3 is 5.73 Å². The molecule has 82 valence electrons. The Balaban J connectivity index is 2.66.